The SMILES string of the molecule is NC[C@H]1CNc2cccc(-c3c(Cl)cc(F)cc3Cl)c2O1. The smallest absolute Gasteiger partial charge is 0.150 e. The molecule has 0 aromatic heterocycles. The summed E-state index contributed by atoms with van der Waals surface area (Å²) in [6.45, 7) is 1.03. The predicted molar refractivity (Wildman–Crippen MR) is 83.8 cm³/mol. The zero-order valence-electron chi connectivity index (χ0n) is 11.0. The highest BCUT2D eigenvalue weighted by Gasteiger charge is 2.23. The highest BCUT2D eigenvalue weighted by molar-refractivity contribution is 6.39. The van der Waals surface area contributed by atoms with E-state index in [1.807, 2.05) is 18.2 Å². The van der Waals surface area contributed by atoms with Crippen molar-refractivity contribution in [3.8, 4) is 16.9 Å². The highest BCUT2D eigenvalue weighted by Crippen LogP contribution is 2.44. The van der Waals surface area contributed by atoms with Crippen LogP contribution in [0.3, 0.4) is 0 Å². The average molecular weight is 327 g/mol. The van der Waals surface area contributed by atoms with E-state index in [4.69, 9.17) is 33.7 Å². The van der Waals surface area contributed by atoms with Gasteiger partial charge in [0.15, 0.2) is 5.75 Å². The van der Waals surface area contributed by atoms with Gasteiger partial charge in [0.25, 0.3) is 0 Å². The summed E-state index contributed by atoms with van der Waals surface area (Å²) < 4.78 is 19.3. The van der Waals surface area contributed by atoms with Crippen molar-refractivity contribution >= 4 is 28.9 Å². The Balaban J connectivity index is 2.17. The number of fused-ring (bicyclic) bond motifs is 1. The van der Waals surface area contributed by atoms with Crippen molar-refractivity contribution in [2.75, 3.05) is 18.4 Å². The fourth-order valence-corrected chi connectivity index (χ4v) is 3.03. The maximum Gasteiger partial charge on any atom is 0.150 e. The molecule has 0 radical (unpaired) electrons. The summed E-state index contributed by atoms with van der Waals surface area (Å²) in [7, 11) is 0. The minimum absolute atomic E-state index is 0.128. The van der Waals surface area contributed by atoms with Gasteiger partial charge in [0.2, 0.25) is 0 Å². The standard InChI is InChI=1S/C15H13Cl2FN2O/c16-11-4-8(18)5-12(17)14(11)10-2-1-3-13-15(10)21-9(6-19)7-20-13/h1-5,9,20H,6-7,19H2/t9-/m0/s1. The molecule has 3 N–H and O–H groups in total. The Labute approximate surface area is 131 Å². The Morgan fingerprint density at radius 2 is 2.00 bits per heavy atom. The molecule has 1 aliphatic heterocycles. The molecule has 0 saturated carbocycles. The summed E-state index contributed by atoms with van der Waals surface area (Å²) in [5, 5.41) is 3.74. The van der Waals surface area contributed by atoms with Crippen molar-refractivity contribution in [3.05, 3.63) is 46.2 Å². The van der Waals surface area contributed by atoms with Gasteiger partial charge in [-0.1, -0.05) is 35.3 Å². The third-order valence-corrected chi connectivity index (χ3v) is 3.96. The van der Waals surface area contributed by atoms with Gasteiger partial charge in [-0.15, -0.1) is 0 Å². The molecule has 21 heavy (non-hydrogen) atoms. The van der Waals surface area contributed by atoms with E-state index in [-0.39, 0.29) is 16.1 Å². The van der Waals surface area contributed by atoms with Crippen molar-refractivity contribution < 1.29 is 9.13 Å². The fourth-order valence-electron chi connectivity index (χ4n) is 2.36. The molecule has 2 aromatic carbocycles. The second-order valence-electron chi connectivity index (χ2n) is 4.78. The Morgan fingerprint density at radius 3 is 2.67 bits per heavy atom. The molecule has 0 spiro atoms. The van der Waals surface area contributed by atoms with Crippen LogP contribution < -0.4 is 15.8 Å². The minimum Gasteiger partial charge on any atom is -0.484 e. The van der Waals surface area contributed by atoms with Crippen LogP contribution >= 0.6 is 23.2 Å². The molecule has 0 aliphatic carbocycles. The van der Waals surface area contributed by atoms with E-state index in [1.54, 1.807) is 0 Å². The molecule has 6 heteroatoms. The first-order chi connectivity index (χ1) is 10.1. The molecule has 1 aliphatic rings. The van der Waals surface area contributed by atoms with Gasteiger partial charge >= 0.3 is 0 Å². The van der Waals surface area contributed by atoms with E-state index in [0.29, 0.717) is 30.0 Å². The van der Waals surface area contributed by atoms with Crippen LogP contribution in [0.25, 0.3) is 11.1 Å². The molecule has 0 saturated heterocycles. The lowest BCUT2D eigenvalue weighted by Crippen LogP contribution is -2.37. The second-order valence-corrected chi connectivity index (χ2v) is 5.60. The first kappa shape index (κ1) is 14.4. The minimum atomic E-state index is -0.475. The van der Waals surface area contributed by atoms with Crippen LogP contribution in [0.1, 0.15) is 0 Å². The van der Waals surface area contributed by atoms with Crippen molar-refractivity contribution in [1.29, 1.82) is 0 Å². The third kappa shape index (κ3) is 2.67. The summed E-state index contributed by atoms with van der Waals surface area (Å²) in [5.41, 5.74) is 7.77. The van der Waals surface area contributed by atoms with Crippen molar-refractivity contribution in [1.82, 2.24) is 0 Å². The molecule has 3 nitrogen and oxygen atoms in total. The topological polar surface area (TPSA) is 47.3 Å². The number of nitrogens with one attached hydrogen (secondary N) is 1. The third-order valence-electron chi connectivity index (χ3n) is 3.36. The number of benzene rings is 2. The quantitative estimate of drug-likeness (QED) is 0.878. The molecule has 0 amide bonds. The van der Waals surface area contributed by atoms with Gasteiger partial charge < -0.3 is 15.8 Å². The number of nitrogens with two attached hydrogens (primary N) is 1. The lowest BCUT2D eigenvalue weighted by Gasteiger charge is -2.28. The molecular weight excluding hydrogens is 314 g/mol. The number of rotatable bonds is 2. The van der Waals surface area contributed by atoms with Crippen LogP contribution in [0.15, 0.2) is 30.3 Å². The van der Waals surface area contributed by atoms with Crippen LogP contribution in [-0.4, -0.2) is 19.2 Å². The highest BCUT2D eigenvalue weighted by atomic mass is 35.5. The molecule has 0 unspecified atom stereocenters. The summed E-state index contributed by atoms with van der Waals surface area (Å²) in [4.78, 5) is 0. The lowest BCUT2D eigenvalue weighted by molar-refractivity contribution is 0.215. The number of hydrogen-bond acceptors (Lipinski definition) is 3. The zero-order valence-corrected chi connectivity index (χ0v) is 12.5. The van der Waals surface area contributed by atoms with Crippen LogP contribution in [0.5, 0.6) is 5.75 Å². The molecule has 110 valence electrons. The maximum atomic E-state index is 13.4. The van der Waals surface area contributed by atoms with Crippen LogP contribution in [-0.2, 0) is 0 Å². The summed E-state index contributed by atoms with van der Waals surface area (Å²) in [5.74, 6) is 0.159. The zero-order chi connectivity index (χ0) is 15.0. The monoisotopic (exact) mass is 326 g/mol. The van der Waals surface area contributed by atoms with Crippen molar-refractivity contribution in [3.63, 3.8) is 0 Å². The van der Waals surface area contributed by atoms with Gasteiger partial charge in [-0.05, 0) is 18.2 Å². The first-order valence-corrected chi connectivity index (χ1v) is 7.24. The van der Waals surface area contributed by atoms with Gasteiger partial charge in [0.1, 0.15) is 11.9 Å². The molecule has 1 atom stereocenters. The van der Waals surface area contributed by atoms with Crippen molar-refractivity contribution in [2.24, 2.45) is 5.73 Å². The number of para-hydroxylation sites is 1. The molecular formula is C15H13Cl2FN2O. The molecule has 1 heterocycles. The van der Waals surface area contributed by atoms with E-state index in [2.05, 4.69) is 5.32 Å². The van der Waals surface area contributed by atoms with E-state index >= 15 is 0 Å². The van der Waals surface area contributed by atoms with E-state index in [0.717, 1.165) is 5.69 Å². The fraction of sp³-hybridized carbons (Fsp3) is 0.200. The van der Waals surface area contributed by atoms with Gasteiger partial charge in [-0.3, -0.25) is 0 Å². The number of anilines is 1. The molecule has 0 bridgehead atoms. The van der Waals surface area contributed by atoms with Crippen LogP contribution in [0.2, 0.25) is 10.0 Å². The van der Waals surface area contributed by atoms with Gasteiger partial charge in [-0.25, -0.2) is 4.39 Å². The van der Waals surface area contributed by atoms with E-state index in [1.165, 1.54) is 12.1 Å². The predicted octanol–water partition coefficient (Wildman–Crippen LogP) is 3.93. The largest absolute Gasteiger partial charge is 0.484 e. The Kier molecular flexibility index (Phi) is 3.93. The van der Waals surface area contributed by atoms with Crippen molar-refractivity contribution in [2.45, 2.75) is 6.10 Å². The average Bonchev–Trinajstić information content (AvgIpc) is 2.46. The summed E-state index contributed by atoms with van der Waals surface area (Å²) in [6, 6.07) is 8.07. The number of hydrogen-bond donors (Lipinski definition) is 2. The van der Waals surface area contributed by atoms with Crippen LogP contribution in [0.4, 0.5) is 10.1 Å². The van der Waals surface area contributed by atoms with Gasteiger partial charge in [0.05, 0.1) is 22.3 Å². The normalized spacial score (nSPS) is 16.9. The summed E-state index contributed by atoms with van der Waals surface area (Å²) >= 11 is 12.3. The van der Waals surface area contributed by atoms with E-state index < -0.39 is 5.82 Å². The van der Waals surface area contributed by atoms with Gasteiger partial charge in [-0.2, -0.15) is 0 Å². The molecule has 0 fully saturated rings. The Bertz CT molecular complexity index is 670. The Morgan fingerprint density at radius 1 is 1.29 bits per heavy atom. The Hall–Kier alpha value is -1.49. The van der Waals surface area contributed by atoms with E-state index in [9.17, 15) is 4.39 Å². The maximum absolute atomic E-state index is 13.4. The number of halogens is 3. The molecule has 2 aromatic rings. The lowest BCUT2D eigenvalue weighted by atomic mass is 10.0. The first-order valence-electron chi connectivity index (χ1n) is 6.48. The summed E-state index contributed by atoms with van der Waals surface area (Å²) in [6.07, 6.45) is -0.128. The number of ether oxygens (including phenoxy) is 1. The van der Waals surface area contributed by atoms with Crippen LogP contribution in [0, 0.1) is 5.82 Å². The van der Waals surface area contributed by atoms with Gasteiger partial charge in [0, 0.05) is 17.7 Å². The second kappa shape index (κ2) is 5.72. The molecule has 3 rings (SSSR count).